The van der Waals surface area contributed by atoms with Crippen LogP contribution in [0.5, 0.6) is 0 Å². The highest BCUT2D eigenvalue weighted by Gasteiger charge is 2.26. The number of hydrogen-bond acceptors (Lipinski definition) is 5. The van der Waals surface area contributed by atoms with Crippen molar-refractivity contribution in [2.45, 2.75) is 12.5 Å². The fraction of sp³-hybridized carbons (Fsp3) is 0.250. The first-order chi connectivity index (χ1) is 11.2. The SMILES string of the molecule is N#Cc1cnn(C2CCN(c3ncnc4ccc(F)cc34)C2)c1. The predicted octanol–water partition coefficient (Wildman–Crippen LogP) is 2.29. The summed E-state index contributed by atoms with van der Waals surface area (Å²) in [6, 6.07) is 6.80. The van der Waals surface area contributed by atoms with E-state index in [9.17, 15) is 4.39 Å². The fourth-order valence-corrected chi connectivity index (χ4v) is 3.01. The van der Waals surface area contributed by atoms with Crippen LogP contribution in [0.15, 0.2) is 36.9 Å². The summed E-state index contributed by atoms with van der Waals surface area (Å²) in [5.41, 5.74) is 1.28. The molecular weight excluding hydrogens is 295 g/mol. The van der Waals surface area contributed by atoms with Crippen molar-refractivity contribution in [2.75, 3.05) is 18.0 Å². The Hall–Kier alpha value is -3.01. The second-order valence-corrected chi connectivity index (χ2v) is 5.57. The Labute approximate surface area is 131 Å². The lowest BCUT2D eigenvalue weighted by Gasteiger charge is -2.19. The Morgan fingerprint density at radius 1 is 1.30 bits per heavy atom. The standard InChI is InChI=1S/C16H13FN6/c17-12-1-2-15-14(5-12)16(20-10-19-15)22-4-3-13(9-22)23-8-11(6-18)7-21-23/h1-2,5,7-8,10,13H,3-4,9H2. The van der Waals surface area contributed by atoms with Gasteiger partial charge in [-0.2, -0.15) is 10.4 Å². The lowest BCUT2D eigenvalue weighted by molar-refractivity contribution is 0.494. The Morgan fingerprint density at radius 3 is 3.04 bits per heavy atom. The van der Waals surface area contributed by atoms with Crippen molar-refractivity contribution >= 4 is 16.7 Å². The molecule has 3 heterocycles. The van der Waals surface area contributed by atoms with Gasteiger partial charge in [0.1, 0.15) is 24.0 Å². The van der Waals surface area contributed by atoms with E-state index in [-0.39, 0.29) is 11.9 Å². The molecule has 0 bridgehead atoms. The summed E-state index contributed by atoms with van der Waals surface area (Å²) in [5.74, 6) is 0.444. The van der Waals surface area contributed by atoms with Crippen molar-refractivity contribution in [3.63, 3.8) is 0 Å². The largest absolute Gasteiger partial charge is 0.354 e. The minimum Gasteiger partial charge on any atom is -0.354 e. The van der Waals surface area contributed by atoms with Gasteiger partial charge in [-0.05, 0) is 24.6 Å². The van der Waals surface area contributed by atoms with Crippen LogP contribution in [0.2, 0.25) is 0 Å². The molecule has 1 unspecified atom stereocenters. The second kappa shape index (κ2) is 5.32. The second-order valence-electron chi connectivity index (χ2n) is 5.57. The van der Waals surface area contributed by atoms with Crippen molar-refractivity contribution in [1.29, 1.82) is 5.26 Å². The molecule has 1 fully saturated rings. The van der Waals surface area contributed by atoms with Crippen LogP contribution in [0.4, 0.5) is 10.2 Å². The normalized spacial score (nSPS) is 17.6. The molecule has 3 aromatic rings. The summed E-state index contributed by atoms with van der Waals surface area (Å²) in [5, 5.41) is 13.9. The number of benzene rings is 1. The summed E-state index contributed by atoms with van der Waals surface area (Å²) in [6.07, 6.45) is 5.72. The molecule has 0 aliphatic carbocycles. The van der Waals surface area contributed by atoms with Crippen molar-refractivity contribution in [3.05, 3.63) is 48.3 Å². The lowest BCUT2D eigenvalue weighted by Crippen LogP contribution is -2.22. The minimum atomic E-state index is -0.296. The van der Waals surface area contributed by atoms with Gasteiger partial charge in [0.2, 0.25) is 0 Å². The molecule has 0 radical (unpaired) electrons. The van der Waals surface area contributed by atoms with Gasteiger partial charge in [-0.25, -0.2) is 14.4 Å². The van der Waals surface area contributed by atoms with Gasteiger partial charge in [-0.15, -0.1) is 0 Å². The lowest BCUT2D eigenvalue weighted by atomic mass is 10.2. The highest BCUT2D eigenvalue weighted by molar-refractivity contribution is 5.89. The number of hydrogen-bond donors (Lipinski definition) is 0. The maximum Gasteiger partial charge on any atom is 0.140 e. The Balaban J connectivity index is 1.65. The average molecular weight is 308 g/mol. The van der Waals surface area contributed by atoms with Crippen LogP contribution in [-0.2, 0) is 0 Å². The summed E-state index contributed by atoms with van der Waals surface area (Å²) in [4.78, 5) is 10.6. The third-order valence-electron chi connectivity index (χ3n) is 4.14. The van der Waals surface area contributed by atoms with Crippen LogP contribution in [-0.4, -0.2) is 32.8 Å². The van der Waals surface area contributed by atoms with Gasteiger partial charge < -0.3 is 4.90 Å². The van der Waals surface area contributed by atoms with E-state index in [1.165, 1.54) is 18.5 Å². The van der Waals surface area contributed by atoms with Gasteiger partial charge in [0.15, 0.2) is 0 Å². The molecule has 1 aliphatic heterocycles. The highest BCUT2D eigenvalue weighted by Crippen LogP contribution is 2.30. The maximum absolute atomic E-state index is 13.6. The molecular formula is C16H13FN6. The molecule has 4 rings (SSSR count). The molecule has 1 saturated heterocycles. The van der Waals surface area contributed by atoms with E-state index in [4.69, 9.17) is 5.26 Å². The van der Waals surface area contributed by atoms with Gasteiger partial charge in [-0.1, -0.05) is 0 Å². The number of fused-ring (bicyclic) bond motifs is 1. The molecule has 7 heteroatoms. The summed E-state index contributed by atoms with van der Waals surface area (Å²) in [6.45, 7) is 1.52. The molecule has 0 N–H and O–H groups in total. The van der Waals surface area contributed by atoms with E-state index in [1.807, 2.05) is 4.68 Å². The first-order valence-corrected chi connectivity index (χ1v) is 7.34. The van der Waals surface area contributed by atoms with E-state index in [1.54, 1.807) is 18.5 Å². The topological polar surface area (TPSA) is 70.6 Å². The fourth-order valence-electron chi connectivity index (χ4n) is 3.01. The van der Waals surface area contributed by atoms with Crippen LogP contribution in [0.1, 0.15) is 18.0 Å². The Bertz CT molecular complexity index is 912. The quantitative estimate of drug-likeness (QED) is 0.726. The maximum atomic E-state index is 13.6. The minimum absolute atomic E-state index is 0.177. The average Bonchev–Trinajstić information content (AvgIpc) is 3.23. The van der Waals surface area contributed by atoms with Gasteiger partial charge in [-0.3, -0.25) is 4.68 Å². The molecule has 0 spiro atoms. The highest BCUT2D eigenvalue weighted by atomic mass is 19.1. The van der Waals surface area contributed by atoms with E-state index in [2.05, 4.69) is 26.0 Å². The molecule has 1 atom stereocenters. The summed E-state index contributed by atoms with van der Waals surface area (Å²) >= 11 is 0. The van der Waals surface area contributed by atoms with Gasteiger partial charge in [0.25, 0.3) is 0 Å². The van der Waals surface area contributed by atoms with Crippen molar-refractivity contribution in [2.24, 2.45) is 0 Å². The Kier molecular flexibility index (Phi) is 3.15. The van der Waals surface area contributed by atoms with Crippen LogP contribution in [0.25, 0.3) is 10.9 Å². The van der Waals surface area contributed by atoms with Crippen LogP contribution >= 0.6 is 0 Å². The van der Waals surface area contributed by atoms with E-state index in [0.29, 0.717) is 10.9 Å². The number of anilines is 1. The first kappa shape index (κ1) is 13.6. The molecule has 1 aromatic carbocycles. The molecule has 0 amide bonds. The molecule has 2 aromatic heterocycles. The third kappa shape index (κ3) is 2.38. The van der Waals surface area contributed by atoms with Crippen LogP contribution in [0, 0.1) is 17.1 Å². The van der Waals surface area contributed by atoms with Crippen molar-refractivity contribution in [3.8, 4) is 6.07 Å². The smallest absolute Gasteiger partial charge is 0.140 e. The zero-order valence-electron chi connectivity index (χ0n) is 12.2. The molecule has 0 saturated carbocycles. The number of aromatic nitrogens is 4. The monoisotopic (exact) mass is 308 g/mol. The van der Waals surface area contributed by atoms with Gasteiger partial charge in [0, 0.05) is 24.7 Å². The van der Waals surface area contributed by atoms with Crippen LogP contribution in [0.3, 0.4) is 0 Å². The Morgan fingerprint density at radius 2 is 2.22 bits per heavy atom. The zero-order chi connectivity index (χ0) is 15.8. The molecule has 23 heavy (non-hydrogen) atoms. The molecule has 1 aliphatic rings. The van der Waals surface area contributed by atoms with E-state index < -0.39 is 0 Å². The van der Waals surface area contributed by atoms with E-state index in [0.717, 1.165) is 30.8 Å². The summed E-state index contributed by atoms with van der Waals surface area (Å²) in [7, 11) is 0. The first-order valence-electron chi connectivity index (χ1n) is 7.34. The van der Waals surface area contributed by atoms with Gasteiger partial charge in [0.05, 0.1) is 23.3 Å². The predicted molar refractivity (Wildman–Crippen MR) is 82.3 cm³/mol. The number of halogens is 1. The number of rotatable bonds is 2. The number of nitrogens with zero attached hydrogens (tertiary/aromatic N) is 6. The van der Waals surface area contributed by atoms with Crippen molar-refractivity contribution in [1.82, 2.24) is 19.7 Å². The van der Waals surface area contributed by atoms with Crippen LogP contribution < -0.4 is 4.90 Å². The molecule has 6 nitrogen and oxygen atoms in total. The van der Waals surface area contributed by atoms with Gasteiger partial charge >= 0.3 is 0 Å². The van der Waals surface area contributed by atoms with Crippen molar-refractivity contribution < 1.29 is 4.39 Å². The number of nitriles is 1. The summed E-state index contributed by atoms with van der Waals surface area (Å²) < 4.78 is 15.4. The molecule has 114 valence electrons. The third-order valence-corrected chi connectivity index (χ3v) is 4.14. The zero-order valence-corrected chi connectivity index (χ0v) is 12.2. The van der Waals surface area contributed by atoms with E-state index >= 15 is 0 Å².